The fraction of sp³-hybridized carbons (Fsp3) is 0.722. The van der Waals surface area contributed by atoms with Crippen LogP contribution in [0.2, 0.25) is 0 Å². The Labute approximate surface area is 256 Å². The predicted octanol–water partition coefficient (Wildman–Crippen LogP) is 7.99. The molecule has 2 heterocycles. The second-order valence-electron chi connectivity index (χ2n) is 11.7. The number of rotatable bonds is 21. The van der Waals surface area contributed by atoms with Gasteiger partial charge in [0.1, 0.15) is 30.5 Å². The summed E-state index contributed by atoms with van der Waals surface area (Å²) in [6.45, 7) is 14.2. The number of aryl methyl sites for hydroxylation is 1. The van der Waals surface area contributed by atoms with Gasteiger partial charge < -0.3 is 28.3 Å². The number of hydrogen-bond acceptors (Lipinski definition) is 5. The Morgan fingerprint density at radius 2 is 1.19 bits per heavy atom. The molecule has 0 saturated carbocycles. The van der Waals surface area contributed by atoms with Crippen molar-refractivity contribution in [2.45, 2.75) is 129 Å². The van der Waals surface area contributed by atoms with E-state index in [1.807, 2.05) is 0 Å². The van der Waals surface area contributed by atoms with Crippen LogP contribution < -0.4 is 0 Å². The average Bonchev–Trinajstić information content (AvgIpc) is 3.36. The van der Waals surface area contributed by atoms with Crippen molar-refractivity contribution in [2.24, 2.45) is 7.05 Å². The second kappa shape index (κ2) is 19.6. The SMILES string of the molecule is CCCCOC[C@H]1OC(c2ccc(Cc3ccc(CC)cc3)n2C)[C@H](OCCCC)C(OCCCC)[C@@H]1OCCCC. The molecule has 42 heavy (non-hydrogen) atoms. The fourth-order valence-electron chi connectivity index (χ4n) is 5.53. The summed E-state index contributed by atoms with van der Waals surface area (Å²) in [5.41, 5.74) is 5.05. The van der Waals surface area contributed by atoms with E-state index in [0.717, 1.165) is 76.5 Å². The van der Waals surface area contributed by atoms with Crippen LogP contribution in [-0.2, 0) is 43.6 Å². The summed E-state index contributed by atoms with van der Waals surface area (Å²) < 4.78 is 35.4. The van der Waals surface area contributed by atoms with Crippen molar-refractivity contribution in [3.8, 4) is 0 Å². The minimum absolute atomic E-state index is 0.233. The van der Waals surface area contributed by atoms with Crippen LogP contribution in [0, 0.1) is 0 Å². The van der Waals surface area contributed by atoms with E-state index in [-0.39, 0.29) is 30.5 Å². The van der Waals surface area contributed by atoms with Crippen molar-refractivity contribution in [1.82, 2.24) is 4.57 Å². The summed E-state index contributed by atoms with van der Waals surface area (Å²) >= 11 is 0. The molecule has 1 aliphatic heterocycles. The van der Waals surface area contributed by atoms with Gasteiger partial charge in [-0.05, 0) is 55.4 Å². The van der Waals surface area contributed by atoms with Gasteiger partial charge in [0.15, 0.2) is 0 Å². The molecule has 238 valence electrons. The summed E-state index contributed by atoms with van der Waals surface area (Å²) in [6.07, 6.45) is 9.08. The number of hydrogen-bond donors (Lipinski definition) is 0. The van der Waals surface area contributed by atoms with Crippen molar-refractivity contribution in [2.75, 3.05) is 33.0 Å². The molecule has 5 atom stereocenters. The maximum Gasteiger partial charge on any atom is 0.127 e. The van der Waals surface area contributed by atoms with Gasteiger partial charge in [0.05, 0.1) is 6.61 Å². The van der Waals surface area contributed by atoms with Crippen molar-refractivity contribution >= 4 is 0 Å². The summed E-state index contributed by atoms with van der Waals surface area (Å²) in [6, 6.07) is 13.4. The maximum atomic E-state index is 6.97. The first-order valence-corrected chi connectivity index (χ1v) is 16.9. The Bertz CT molecular complexity index is 974. The smallest absolute Gasteiger partial charge is 0.127 e. The molecule has 3 rings (SSSR count). The molecule has 2 aromatic rings. The average molecular weight is 586 g/mol. The highest BCUT2D eigenvalue weighted by molar-refractivity contribution is 5.29. The standard InChI is InChI=1S/C36H59NO5/c1-7-12-22-38-27-32-34(39-23-13-8-2)36(41-25-15-10-4)35(40-24-14-9-3)33(42-32)31-21-20-30(37(31)6)26-29-18-16-28(11-5)17-19-29/h16-21,32-36H,7-15,22-27H2,1-6H3/t32-,33?,34-,35+,36?/m1/s1. The molecule has 1 aromatic heterocycles. The first-order valence-electron chi connectivity index (χ1n) is 16.9. The first kappa shape index (κ1) is 34.8. The van der Waals surface area contributed by atoms with E-state index in [4.69, 9.17) is 23.7 Å². The molecule has 1 aromatic carbocycles. The molecule has 6 heteroatoms. The van der Waals surface area contributed by atoms with Crippen LogP contribution in [0.1, 0.15) is 115 Å². The molecule has 2 unspecified atom stereocenters. The third-order valence-electron chi connectivity index (χ3n) is 8.36. The van der Waals surface area contributed by atoms with E-state index >= 15 is 0 Å². The van der Waals surface area contributed by atoms with E-state index in [1.165, 1.54) is 16.8 Å². The lowest BCUT2D eigenvalue weighted by atomic mass is 9.92. The van der Waals surface area contributed by atoms with E-state index in [2.05, 4.69) is 82.6 Å². The molecule has 0 spiro atoms. The van der Waals surface area contributed by atoms with E-state index in [0.29, 0.717) is 26.4 Å². The first-order chi connectivity index (χ1) is 20.6. The fourth-order valence-corrected chi connectivity index (χ4v) is 5.53. The highest BCUT2D eigenvalue weighted by atomic mass is 16.6. The quantitative estimate of drug-likeness (QED) is 0.139. The zero-order valence-electron chi connectivity index (χ0n) is 27.4. The number of nitrogens with zero attached hydrogens (tertiary/aromatic N) is 1. The largest absolute Gasteiger partial charge is 0.379 e. The Balaban J connectivity index is 1.94. The number of unbranched alkanes of at least 4 members (excludes halogenated alkanes) is 4. The highest BCUT2D eigenvalue weighted by Gasteiger charge is 2.49. The van der Waals surface area contributed by atoms with Gasteiger partial charge in [0, 0.05) is 51.3 Å². The normalized spacial score (nSPS) is 22.6. The number of ether oxygens (including phenoxy) is 5. The summed E-state index contributed by atoms with van der Waals surface area (Å²) in [7, 11) is 2.15. The van der Waals surface area contributed by atoms with Gasteiger partial charge >= 0.3 is 0 Å². The van der Waals surface area contributed by atoms with Crippen molar-refractivity contribution in [1.29, 1.82) is 0 Å². The molecule has 0 N–H and O–H groups in total. The van der Waals surface area contributed by atoms with Crippen LogP contribution in [0.3, 0.4) is 0 Å². The molecule has 0 aliphatic carbocycles. The Kier molecular flexibility index (Phi) is 16.2. The topological polar surface area (TPSA) is 51.1 Å². The minimum Gasteiger partial charge on any atom is -0.379 e. The van der Waals surface area contributed by atoms with Gasteiger partial charge in [-0.2, -0.15) is 0 Å². The van der Waals surface area contributed by atoms with Crippen LogP contribution >= 0.6 is 0 Å². The van der Waals surface area contributed by atoms with Gasteiger partial charge in [0.25, 0.3) is 0 Å². The lowest BCUT2D eigenvalue weighted by Gasteiger charge is -2.46. The second-order valence-corrected chi connectivity index (χ2v) is 11.7. The molecule has 6 nitrogen and oxygen atoms in total. The van der Waals surface area contributed by atoms with Gasteiger partial charge in [-0.1, -0.05) is 84.6 Å². The van der Waals surface area contributed by atoms with E-state index < -0.39 is 0 Å². The Morgan fingerprint density at radius 1 is 0.643 bits per heavy atom. The van der Waals surface area contributed by atoms with Gasteiger partial charge in [0.2, 0.25) is 0 Å². The van der Waals surface area contributed by atoms with Crippen LogP contribution in [0.5, 0.6) is 0 Å². The number of benzene rings is 1. The van der Waals surface area contributed by atoms with Gasteiger partial charge in [-0.15, -0.1) is 0 Å². The Morgan fingerprint density at radius 3 is 1.79 bits per heavy atom. The lowest BCUT2D eigenvalue weighted by molar-refractivity contribution is -0.269. The summed E-state index contributed by atoms with van der Waals surface area (Å²) in [5.74, 6) is 0. The third-order valence-corrected chi connectivity index (χ3v) is 8.36. The zero-order valence-corrected chi connectivity index (χ0v) is 27.4. The van der Waals surface area contributed by atoms with Crippen molar-refractivity contribution in [3.63, 3.8) is 0 Å². The molecular weight excluding hydrogens is 526 g/mol. The minimum atomic E-state index is -0.277. The molecular formula is C36H59NO5. The van der Waals surface area contributed by atoms with Crippen LogP contribution in [0.25, 0.3) is 0 Å². The summed E-state index contributed by atoms with van der Waals surface area (Å²) in [5, 5.41) is 0. The van der Waals surface area contributed by atoms with Crippen molar-refractivity contribution in [3.05, 3.63) is 58.9 Å². The van der Waals surface area contributed by atoms with E-state index in [9.17, 15) is 0 Å². The maximum absolute atomic E-state index is 6.97. The van der Waals surface area contributed by atoms with Crippen LogP contribution in [0.15, 0.2) is 36.4 Å². The highest BCUT2D eigenvalue weighted by Crippen LogP contribution is 2.38. The zero-order chi connectivity index (χ0) is 30.2. The van der Waals surface area contributed by atoms with Crippen molar-refractivity contribution < 1.29 is 23.7 Å². The molecule has 0 amide bonds. The molecule has 0 radical (unpaired) electrons. The molecule has 1 saturated heterocycles. The number of aromatic nitrogens is 1. The monoisotopic (exact) mass is 585 g/mol. The van der Waals surface area contributed by atoms with Crippen LogP contribution in [0.4, 0.5) is 0 Å². The molecule has 1 aliphatic rings. The molecule has 1 fully saturated rings. The molecule has 0 bridgehead atoms. The van der Waals surface area contributed by atoms with E-state index in [1.54, 1.807) is 0 Å². The lowest BCUT2D eigenvalue weighted by Crippen LogP contribution is -2.59. The Hall–Kier alpha value is -1.70. The van der Waals surface area contributed by atoms with Crippen LogP contribution in [-0.4, -0.2) is 62.0 Å². The predicted molar refractivity (Wildman–Crippen MR) is 171 cm³/mol. The van der Waals surface area contributed by atoms with Gasteiger partial charge in [-0.25, -0.2) is 0 Å². The van der Waals surface area contributed by atoms with Gasteiger partial charge in [-0.3, -0.25) is 0 Å². The third kappa shape index (κ3) is 10.2. The summed E-state index contributed by atoms with van der Waals surface area (Å²) in [4.78, 5) is 0.